The molecule has 0 aliphatic carbocycles. The summed E-state index contributed by atoms with van der Waals surface area (Å²) >= 11 is 0. The molecular weight excluding hydrogens is 334 g/mol. The number of fused-ring (bicyclic) bond motifs is 1. The van der Waals surface area contributed by atoms with Gasteiger partial charge in [0.15, 0.2) is 5.58 Å². The van der Waals surface area contributed by atoms with Gasteiger partial charge >= 0.3 is 5.76 Å². The van der Waals surface area contributed by atoms with Gasteiger partial charge in [-0.3, -0.25) is 14.3 Å². The molecule has 3 aromatic rings. The molecule has 0 saturated carbocycles. The first-order valence-electron chi connectivity index (χ1n) is 8.49. The van der Waals surface area contributed by atoms with Crippen LogP contribution in [0.4, 0.5) is 0 Å². The third-order valence-corrected chi connectivity index (χ3v) is 4.48. The van der Waals surface area contributed by atoms with Gasteiger partial charge in [-0.05, 0) is 29.8 Å². The lowest BCUT2D eigenvalue weighted by molar-refractivity contribution is -0.122. The number of hydrogen-bond acceptors (Lipinski definition) is 6. The number of benzene rings is 1. The van der Waals surface area contributed by atoms with Gasteiger partial charge in [0.05, 0.1) is 11.7 Å². The van der Waals surface area contributed by atoms with Gasteiger partial charge in [-0.1, -0.05) is 12.1 Å². The molecule has 2 atom stereocenters. The summed E-state index contributed by atoms with van der Waals surface area (Å²) in [7, 11) is 0. The molecular formula is C18H19N5O3. The van der Waals surface area contributed by atoms with Crippen molar-refractivity contribution in [3.8, 4) is 0 Å². The van der Waals surface area contributed by atoms with E-state index in [4.69, 9.17) is 4.42 Å². The van der Waals surface area contributed by atoms with Crippen LogP contribution in [0.25, 0.3) is 11.1 Å². The van der Waals surface area contributed by atoms with E-state index in [0.717, 1.165) is 12.0 Å². The zero-order chi connectivity index (χ0) is 17.9. The van der Waals surface area contributed by atoms with Crippen molar-refractivity contribution >= 4 is 17.0 Å². The molecule has 1 aromatic carbocycles. The molecule has 4 rings (SSSR count). The minimum atomic E-state index is -0.447. The van der Waals surface area contributed by atoms with Crippen LogP contribution in [-0.2, 0) is 11.3 Å². The van der Waals surface area contributed by atoms with Gasteiger partial charge in [0.1, 0.15) is 0 Å². The molecule has 1 aliphatic rings. The van der Waals surface area contributed by atoms with Gasteiger partial charge < -0.3 is 9.73 Å². The highest BCUT2D eigenvalue weighted by Gasteiger charge is 2.26. The molecule has 0 radical (unpaired) electrons. The average Bonchev–Trinajstić information content (AvgIpc) is 3.24. The van der Waals surface area contributed by atoms with Crippen LogP contribution in [0.3, 0.4) is 0 Å². The number of carbonyl (C=O) groups is 1. The zero-order valence-corrected chi connectivity index (χ0v) is 14.0. The third-order valence-electron chi connectivity index (χ3n) is 4.48. The number of pyridine rings is 1. The Kier molecular flexibility index (Phi) is 4.51. The topological polar surface area (TPSA) is 101 Å². The second-order valence-electron chi connectivity index (χ2n) is 6.21. The summed E-state index contributed by atoms with van der Waals surface area (Å²) in [6.07, 6.45) is 4.25. The van der Waals surface area contributed by atoms with E-state index in [1.807, 2.05) is 18.2 Å². The number of rotatable bonds is 5. The van der Waals surface area contributed by atoms with Crippen molar-refractivity contribution in [1.29, 1.82) is 0 Å². The predicted octanol–water partition coefficient (Wildman–Crippen LogP) is 1.06. The molecule has 1 aliphatic heterocycles. The molecule has 3 N–H and O–H groups in total. The summed E-state index contributed by atoms with van der Waals surface area (Å²) < 4.78 is 6.66. The molecule has 0 bridgehead atoms. The highest BCUT2D eigenvalue weighted by molar-refractivity contribution is 5.77. The van der Waals surface area contributed by atoms with E-state index >= 15 is 0 Å². The maximum absolute atomic E-state index is 12.2. The molecule has 0 spiro atoms. The monoisotopic (exact) mass is 353 g/mol. The van der Waals surface area contributed by atoms with Crippen molar-refractivity contribution in [2.24, 2.45) is 0 Å². The molecule has 134 valence electrons. The van der Waals surface area contributed by atoms with E-state index in [1.165, 1.54) is 4.57 Å². The van der Waals surface area contributed by atoms with Crippen LogP contribution in [-0.4, -0.2) is 21.6 Å². The van der Waals surface area contributed by atoms with E-state index in [-0.39, 0.29) is 31.1 Å². The molecule has 2 aromatic heterocycles. The average molecular weight is 353 g/mol. The summed E-state index contributed by atoms with van der Waals surface area (Å²) in [5.41, 5.74) is 8.59. The Hall–Kier alpha value is -2.97. The fourth-order valence-electron chi connectivity index (χ4n) is 3.17. The van der Waals surface area contributed by atoms with Gasteiger partial charge in [0.2, 0.25) is 5.91 Å². The Morgan fingerprint density at radius 2 is 2.04 bits per heavy atom. The van der Waals surface area contributed by atoms with Crippen molar-refractivity contribution in [3.63, 3.8) is 0 Å². The predicted molar refractivity (Wildman–Crippen MR) is 94.9 cm³/mol. The second-order valence-corrected chi connectivity index (χ2v) is 6.21. The van der Waals surface area contributed by atoms with Gasteiger partial charge in [-0.15, -0.1) is 0 Å². The summed E-state index contributed by atoms with van der Waals surface area (Å²) in [4.78, 5) is 28.2. The largest absolute Gasteiger partial charge is 0.419 e. The van der Waals surface area contributed by atoms with E-state index in [0.29, 0.717) is 11.1 Å². The smallest absolute Gasteiger partial charge is 0.408 e. The van der Waals surface area contributed by atoms with Crippen LogP contribution >= 0.6 is 0 Å². The standard InChI is InChI=1S/C18H19N5O3/c24-17(7-10-23-14-3-1-2-4-15(14)26-18(23)25)20-16-11-13(21-22-16)12-5-8-19-9-6-12/h1-6,8-9,13,16,21-22H,7,10-11H2,(H,20,24). The lowest BCUT2D eigenvalue weighted by atomic mass is 10.1. The zero-order valence-electron chi connectivity index (χ0n) is 14.0. The maximum atomic E-state index is 12.2. The van der Waals surface area contributed by atoms with E-state index < -0.39 is 5.76 Å². The van der Waals surface area contributed by atoms with Gasteiger partial charge in [0, 0.05) is 37.8 Å². The molecule has 1 amide bonds. The Morgan fingerprint density at radius 3 is 2.88 bits per heavy atom. The van der Waals surface area contributed by atoms with Crippen molar-refractivity contribution in [3.05, 3.63) is 64.9 Å². The SMILES string of the molecule is O=C(CCn1c(=O)oc2ccccc21)NC1CC(c2ccncc2)NN1. The van der Waals surface area contributed by atoms with Crippen LogP contribution in [0.5, 0.6) is 0 Å². The lowest BCUT2D eigenvalue weighted by Crippen LogP contribution is -2.44. The maximum Gasteiger partial charge on any atom is 0.419 e. The first kappa shape index (κ1) is 16.5. The number of aromatic nitrogens is 2. The molecule has 1 fully saturated rings. The summed E-state index contributed by atoms with van der Waals surface area (Å²) in [5.74, 6) is -0.575. The summed E-state index contributed by atoms with van der Waals surface area (Å²) in [5, 5.41) is 2.93. The molecule has 3 heterocycles. The second kappa shape index (κ2) is 7.11. The normalized spacial score (nSPS) is 19.7. The third kappa shape index (κ3) is 3.37. The Bertz CT molecular complexity index is 966. The van der Waals surface area contributed by atoms with Crippen molar-refractivity contribution in [1.82, 2.24) is 25.7 Å². The first-order valence-corrected chi connectivity index (χ1v) is 8.49. The first-order chi connectivity index (χ1) is 12.7. The molecule has 2 unspecified atom stereocenters. The Balaban J connectivity index is 1.33. The Labute approximate surface area is 149 Å². The fraction of sp³-hybridized carbons (Fsp3) is 0.278. The minimum absolute atomic E-state index is 0.115. The Morgan fingerprint density at radius 1 is 1.23 bits per heavy atom. The van der Waals surface area contributed by atoms with Gasteiger partial charge in [-0.25, -0.2) is 15.6 Å². The van der Waals surface area contributed by atoms with Crippen LogP contribution in [0, 0.1) is 0 Å². The van der Waals surface area contributed by atoms with Crippen molar-refractivity contribution < 1.29 is 9.21 Å². The number of hydrogen-bond donors (Lipinski definition) is 3. The molecule has 1 saturated heterocycles. The van der Waals surface area contributed by atoms with Crippen molar-refractivity contribution in [2.75, 3.05) is 0 Å². The van der Waals surface area contributed by atoms with Crippen LogP contribution in [0.2, 0.25) is 0 Å². The molecule has 8 nitrogen and oxygen atoms in total. The van der Waals surface area contributed by atoms with Crippen LogP contribution in [0.15, 0.2) is 58.0 Å². The fourth-order valence-corrected chi connectivity index (χ4v) is 3.17. The number of para-hydroxylation sites is 2. The summed E-state index contributed by atoms with van der Waals surface area (Å²) in [6, 6.07) is 11.2. The van der Waals surface area contributed by atoms with Crippen molar-refractivity contribution in [2.45, 2.75) is 31.6 Å². The van der Waals surface area contributed by atoms with Gasteiger partial charge in [0.25, 0.3) is 0 Å². The number of nitrogens with zero attached hydrogens (tertiary/aromatic N) is 2. The number of oxazole rings is 1. The highest BCUT2D eigenvalue weighted by Crippen LogP contribution is 2.20. The number of carbonyl (C=O) groups excluding carboxylic acids is 1. The highest BCUT2D eigenvalue weighted by atomic mass is 16.4. The number of aryl methyl sites for hydroxylation is 1. The summed E-state index contributed by atoms with van der Waals surface area (Å²) in [6.45, 7) is 0.273. The molecule has 26 heavy (non-hydrogen) atoms. The van der Waals surface area contributed by atoms with Crippen LogP contribution < -0.4 is 21.9 Å². The van der Waals surface area contributed by atoms with E-state index in [1.54, 1.807) is 30.6 Å². The van der Waals surface area contributed by atoms with Crippen LogP contribution in [0.1, 0.15) is 24.4 Å². The number of nitrogens with one attached hydrogen (secondary N) is 3. The van der Waals surface area contributed by atoms with Gasteiger partial charge in [-0.2, -0.15) is 0 Å². The number of amides is 1. The lowest BCUT2D eigenvalue weighted by Gasteiger charge is -2.12. The minimum Gasteiger partial charge on any atom is -0.408 e. The van der Waals surface area contributed by atoms with E-state index in [9.17, 15) is 9.59 Å². The number of hydrazine groups is 1. The van der Waals surface area contributed by atoms with E-state index in [2.05, 4.69) is 21.2 Å². The quantitative estimate of drug-likeness (QED) is 0.634. The molecule has 8 heteroatoms.